The van der Waals surface area contributed by atoms with Gasteiger partial charge in [-0.15, -0.1) is 0 Å². The minimum absolute atomic E-state index is 0.184. The molecule has 0 saturated carbocycles. The van der Waals surface area contributed by atoms with E-state index in [-0.39, 0.29) is 11.3 Å². The van der Waals surface area contributed by atoms with Crippen molar-refractivity contribution in [1.82, 2.24) is 19.5 Å². The zero-order valence-electron chi connectivity index (χ0n) is 18.1. The van der Waals surface area contributed by atoms with Crippen LogP contribution in [0.15, 0.2) is 42.5 Å². The van der Waals surface area contributed by atoms with Crippen molar-refractivity contribution >= 4 is 39.6 Å². The average molecular weight is 552 g/mol. The summed E-state index contributed by atoms with van der Waals surface area (Å²) in [7, 11) is 0. The lowest BCUT2D eigenvalue weighted by Gasteiger charge is -2.18. The summed E-state index contributed by atoms with van der Waals surface area (Å²) in [5.41, 5.74) is 4.35. The molecule has 5 rings (SSSR count). The molecule has 1 aliphatic rings. The minimum atomic E-state index is -0.218. The molecule has 2 aromatic heterocycles. The van der Waals surface area contributed by atoms with Crippen LogP contribution in [0.4, 0.5) is 5.82 Å². The number of fused-ring (bicyclic) bond motifs is 3. The van der Waals surface area contributed by atoms with Gasteiger partial charge in [-0.3, -0.25) is 4.57 Å². The fourth-order valence-corrected chi connectivity index (χ4v) is 4.50. The minimum Gasteiger partial charge on any atom is -0.507 e. The smallest absolute Gasteiger partial charge is 0.299 e. The van der Waals surface area contributed by atoms with Crippen molar-refractivity contribution in [3.8, 4) is 29.0 Å². The number of nitrogens with zero attached hydrogens (tertiary/aromatic N) is 5. The van der Waals surface area contributed by atoms with E-state index >= 15 is 0 Å². The van der Waals surface area contributed by atoms with Crippen molar-refractivity contribution in [3.63, 3.8) is 0 Å². The van der Waals surface area contributed by atoms with Crippen LogP contribution in [0.1, 0.15) is 25.0 Å². The number of phenolic OH excluding ortho intramolecular Hbond substituents is 1. The van der Waals surface area contributed by atoms with Crippen LogP contribution in [0.25, 0.3) is 22.3 Å². The van der Waals surface area contributed by atoms with Crippen LogP contribution >= 0.6 is 22.6 Å². The third-order valence-corrected chi connectivity index (χ3v) is 6.16. The van der Waals surface area contributed by atoms with Crippen molar-refractivity contribution in [1.29, 1.82) is 5.26 Å². The van der Waals surface area contributed by atoms with Gasteiger partial charge in [-0.2, -0.15) is 10.2 Å². The maximum Gasteiger partial charge on any atom is 0.299 e. The highest BCUT2D eigenvalue weighted by Gasteiger charge is 2.36. The van der Waals surface area contributed by atoms with Crippen LogP contribution < -0.4 is 10.1 Å². The number of nitriles is 1. The number of aromatic nitrogens is 4. The first kappa shape index (κ1) is 21.5. The van der Waals surface area contributed by atoms with Crippen LogP contribution in [0, 0.1) is 15.2 Å². The summed E-state index contributed by atoms with van der Waals surface area (Å²) in [5, 5.41) is 22.9. The summed E-state index contributed by atoms with van der Waals surface area (Å²) >= 11 is 2.12. The highest BCUT2D eigenvalue weighted by atomic mass is 127. The summed E-state index contributed by atoms with van der Waals surface area (Å²) < 4.78 is 8.42. The Labute approximate surface area is 204 Å². The van der Waals surface area contributed by atoms with E-state index < -0.39 is 0 Å². The Hall–Kier alpha value is -3.39. The standard InChI is InChI=1S/C24H21IN6O2/c1-24(2)13-33-23-28-19-20(29-22(25)30-21(19)31(23)24)27-9-8-14-6-7-18(32)17(11-14)16-5-3-4-15(10-16)12-26/h3-7,10-11,32H,8-9,13H2,1-2H3,(H,27,29,30). The van der Waals surface area contributed by atoms with Gasteiger partial charge in [0.05, 0.1) is 17.2 Å². The molecule has 166 valence electrons. The van der Waals surface area contributed by atoms with Crippen LogP contribution in [0.5, 0.6) is 11.8 Å². The second kappa shape index (κ2) is 8.19. The molecule has 9 heteroatoms. The maximum atomic E-state index is 10.4. The first-order chi connectivity index (χ1) is 15.9. The van der Waals surface area contributed by atoms with Crippen LogP contribution in [-0.2, 0) is 12.0 Å². The van der Waals surface area contributed by atoms with E-state index in [9.17, 15) is 10.4 Å². The van der Waals surface area contributed by atoms with Crippen LogP contribution in [0.3, 0.4) is 0 Å². The summed E-state index contributed by atoms with van der Waals surface area (Å²) in [5.74, 6) is 0.857. The molecule has 0 unspecified atom stereocenters. The molecule has 0 fully saturated rings. The van der Waals surface area contributed by atoms with Crippen molar-refractivity contribution in [2.24, 2.45) is 0 Å². The summed E-state index contributed by atoms with van der Waals surface area (Å²) in [6.45, 7) is 5.38. The Morgan fingerprint density at radius 1 is 1.21 bits per heavy atom. The quantitative estimate of drug-likeness (QED) is 0.278. The van der Waals surface area contributed by atoms with E-state index in [1.807, 2.05) is 28.8 Å². The Morgan fingerprint density at radius 2 is 2.06 bits per heavy atom. The zero-order valence-corrected chi connectivity index (χ0v) is 20.3. The largest absolute Gasteiger partial charge is 0.507 e. The first-order valence-electron chi connectivity index (χ1n) is 10.5. The Bertz CT molecular complexity index is 1420. The lowest BCUT2D eigenvalue weighted by molar-refractivity contribution is 0.268. The number of halogens is 1. The van der Waals surface area contributed by atoms with E-state index in [0.717, 1.165) is 16.8 Å². The number of ether oxygens (including phenoxy) is 1. The fourth-order valence-electron chi connectivity index (χ4n) is 4.03. The van der Waals surface area contributed by atoms with E-state index in [4.69, 9.17) is 4.74 Å². The monoisotopic (exact) mass is 552 g/mol. The van der Waals surface area contributed by atoms with Gasteiger partial charge in [0.15, 0.2) is 20.8 Å². The van der Waals surface area contributed by atoms with Gasteiger partial charge in [0.25, 0.3) is 6.01 Å². The van der Waals surface area contributed by atoms with Crippen LogP contribution in [-0.4, -0.2) is 37.8 Å². The first-order valence-corrected chi connectivity index (χ1v) is 11.6. The molecule has 33 heavy (non-hydrogen) atoms. The van der Waals surface area contributed by atoms with Gasteiger partial charge in [0, 0.05) is 34.7 Å². The van der Waals surface area contributed by atoms with E-state index in [2.05, 4.69) is 62.8 Å². The number of anilines is 1. The van der Waals surface area contributed by atoms with Gasteiger partial charge in [-0.05, 0) is 55.7 Å². The van der Waals surface area contributed by atoms with Gasteiger partial charge >= 0.3 is 0 Å². The molecule has 3 heterocycles. The second-order valence-electron chi connectivity index (χ2n) is 8.57. The molecule has 0 saturated heterocycles. The third-order valence-electron chi connectivity index (χ3n) is 5.68. The van der Waals surface area contributed by atoms with Crippen molar-refractivity contribution in [3.05, 3.63) is 57.4 Å². The lowest BCUT2D eigenvalue weighted by Crippen LogP contribution is -2.26. The van der Waals surface area contributed by atoms with E-state index in [1.165, 1.54) is 0 Å². The highest BCUT2D eigenvalue weighted by Crippen LogP contribution is 2.36. The van der Waals surface area contributed by atoms with Crippen LogP contribution in [0.2, 0.25) is 0 Å². The Balaban J connectivity index is 1.38. The van der Waals surface area contributed by atoms with Gasteiger partial charge in [-0.1, -0.05) is 18.2 Å². The summed E-state index contributed by atoms with van der Waals surface area (Å²) in [4.78, 5) is 13.8. The molecule has 8 nitrogen and oxygen atoms in total. The number of aromatic hydroxyl groups is 1. The molecule has 2 aromatic carbocycles. The predicted octanol–water partition coefficient (Wildman–Crippen LogP) is 4.46. The zero-order chi connectivity index (χ0) is 23.2. The SMILES string of the molecule is CC1(C)COc2nc3c(NCCc4ccc(O)c(-c5cccc(C#N)c5)c4)nc(I)nc3n21. The Kier molecular flexibility index (Phi) is 5.32. The van der Waals surface area contributed by atoms with Gasteiger partial charge < -0.3 is 15.2 Å². The van der Waals surface area contributed by atoms with Gasteiger partial charge in [0.2, 0.25) is 0 Å². The Morgan fingerprint density at radius 3 is 2.88 bits per heavy atom. The van der Waals surface area contributed by atoms with Crippen molar-refractivity contribution < 1.29 is 9.84 Å². The lowest BCUT2D eigenvalue weighted by atomic mass is 9.99. The summed E-state index contributed by atoms with van der Waals surface area (Å²) in [6.07, 6.45) is 0.711. The summed E-state index contributed by atoms with van der Waals surface area (Å²) in [6, 6.07) is 15.5. The predicted molar refractivity (Wildman–Crippen MR) is 133 cm³/mol. The number of hydrogen-bond acceptors (Lipinski definition) is 7. The normalized spacial score (nSPS) is 14.0. The molecule has 0 aliphatic carbocycles. The topological polar surface area (TPSA) is 109 Å². The van der Waals surface area contributed by atoms with E-state index in [1.54, 1.807) is 18.2 Å². The number of benzene rings is 2. The molecule has 0 spiro atoms. The molecular formula is C24H21IN6O2. The highest BCUT2D eigenvalue weighted by molar-refractivity contribution is 14.1. The molecular weight excluding hydrogens is 531 g/mol. The second-order valence-corrected chi connectivity index (χ2v) is 9.53. The average Bonchev–Trinajstić information content (AvgIpc) is 3.32. The number of nitrogens with one attached hydrogen (secondary N) is 1. The number of imidazole rings is 1. The molecule has 0 radical (unpaired) electrons. The molecule has 0 amide bonds. The van der Waals surface area contributed by atoms with E-state index in [0.29, 0.717) is 51.9 Å². The van der Waals surface area contributed by atoms with Gasteiger partial charge in [-0.25, -0.2) is 9.97 Å². The fraction of sp³-hybridized carbons (Fsp3) is 0.250. The van der Waals surface area contributed by atoms with Crippen molar-refractivity contribution in [2.75, 3.05) is 18.5 Å². The molecule has 1 aliphatic heterocycles. The number of hydrogen-bond donors (Lipinski definition) is 2. The van der Waals surface area contributed by atoms with Crippen molar-refractivity contribution in [2.45, 2.75) is 25.8 Å². The third kappa shape index (κ3) is 3.95. The van der Waals surface area contributed by atoms with Gasteiger partial charge in [0.1, 0.15) is 12.4 Å². The molecule has 4 aromatic rings. The molecule has 0 atom stereocenters. The maximum absolute atomic E-state index is 10.4. The number of rotatable bonds is 5. The molecule has 2 N–H and O–H groups in total. The molecule has 0 bridgehead atoms. The number of phenols is 1.